The highest BCUT2D eigenvalue weighted by molar-refractivity contribution is 6.04. The minimum Gasteiger partial charge on any atom is -0.333 e. The van der Waals surface area contributed by atoms with Gasteiger partial charge in [0, 0.05) is 31.8 Å². The van der Waals surface area contributed by atoms with Gasteiger partial charge in [0.25, 0.3) is 11.8 Å². The van der Waals surface area contributed by atoms with Crippen molar-refractivity contribution in [1.29, 1.82) is 0 Å². The summed E-state index contributed by atoms with van der Waals surface area (Å²) in [5, 5.41) is 7.11. The normalized spacial score (nSPS) is 13.1. The van der Waals surface area contributed by atoms with Gasteiger partial charge in [-0.3, -0.25) is 14.3 Å². The van der Waals surface area contributed by atoms with E-state index < -0.39 is 0 Å². The molecule has 2 aromatic carbocycles. The third-order valence-electron chi connectivity index (χ3n) is 4.79. The minimum atomic E-state index is -0.232. The standard InChI is InChI=1S/C21H20N4O2/c1-24-19(22-20(26)16-8-3-2-4-9-16)13-18(23-24)21(27)25-12-11-15-7-5-6-10-17(15)14-25/h2-10,13H,11-12,14H2,1H3,(H,22,26). The largest absolute Gasteiger partial charge is 0.333 e. The maximum atomic E-state index is 12.9. The van der Waals surface area contributed by atoms with E-state index in [1.54, 1.807) is 42.3 Å². The van der Waals surface area contributed by atoms with Gasteiger partial charge in [0.2, 0.25) is 0 Å². The highest BCUT2D eigenvalue weighted by Crippen LogP contribution is 2.21. The summed E-state index contributed by atoms with van der Waals surface area (Å²) in [6, 6.07) is 18.8. The van der Waals surface area contributed by atoms with Crippen molar-refractivity contribution in [3.8, 4) is 0 Å². The molecule has 0 radical (unpaired) electrons. The number of aryl methyl sites for hydroxylation is 1. The van der Waals surface area contributed by atoms with Crippen LogP contribution in [0.5, 0.6) is 0 Å². The number of aromatic nitrogens is 2. The van der Waals surface area contributed by atoms with E-state index in [0.29, 0.717) is 30.2 Å². The van der Waals surface area contributed by atoms with Gasteiger partial charge in [-0.2, -0.15) is 5.10 Å². The first kappa shape index (κ1) is 17.0. The second kappa shape index (κ2) is 7.07. The zero-order valence-corrected chi connectivity index (χ0v) is 15.1. The van der Waals surface area contributed by atoms with Crippen LogP contribution in [0.3, 0.4) is 0 Å². The van der Waals surface area contributed by atoms with Crippen molar-refractivity contribution in [2.24, 2.45) is 7.05 Å². The molecule has 1 aromatic heterocycles. The first-order valence-electron chi connectivity index (χ1n) is 8.88. The lowest BCUT2D eigenvalue weighted by Gasteiger charge is -2.28. The number of hydrogen-bond acceptors (Lipinski definition) is 3. The molecule has 0 saturated carbocycles. The number of amides is 2. The van der Waals surface area contributed by atoms with E-state index in [4.69, 9.17) is 0 Å². The van der Waals surface area contributed by atoms with E-state index in [9.17, 15) is 9.59 Å². The number of hydrogen-bond donors (Lipinski definition) is 1. The van der Waals surface area contributed by atoms with Crippen LogP contribution in [0.1, 0.15) is 32.0 Å². The summed E-state index contributed by atoms with van der Waals surface area (Å²) < 4.78 is 1.52. The van der Waals surface area contributed by atoms with Crippen LogP contribution in [-0.2, 0) is 20.0 Å². The van der Waals surface area contributed by atoms with Crippen molar-refractivity contribution in [3.05, 3.63) is 83.0 Å². The summed E-state index contributed by atoms with van der Waals surface area (Å²) in [4.78, 5) is 27.0. The van der Waals surface area contributed by atoms with E-state index >= 15 is 0 Å². The lowest BCUT2D eigenvalue weighted by atomic mass is 10.00. The summed E-state index contributed by atoms with van der Waals surface area (Å²) >= 11 is 0. The van der Waals surface area contributed by atoms with Crippen molar-refractivity contribution in [3.63, 3.8) is 0 Å². The molecule has 2 heterocycles. The number of fused-ring (bicyclic) bond motifs is 1. The van der Waals surface area contributed by atoms with E-state index in [-0.39, 0.29) is 11.8 Å². The van der Waals surface area contributed by atoms with E-state index in [2.05, 4.69) is 22.5 Å². The predicted octanol–water partition coefficient (Wildman–Crippen LogP) is 2.87. The van der Waals surface area contributed by atoms with Crippen LogP contribution in [0.4, 0.5) is 5.82 Å². The Balaban J connectivity index is 1.50. The van der Waals surface area contributed by atoms with E-state index in [0.717, 1.165) is 6.42 Å². The van der Waals surface area contributed by atoms with Crippen LogP contribution >= 0.6 is 0 Å². The van der Waals surface area contributed by atoms with Gasteiger partial charge in [0.1, 0.15) is 5.82 Å². The van der Waals surface area contributed by atoms with Crippen molar-refractivity contribution in [2.75, 3.05) is 11.9 Å². The third kappa shape index (κ3) is 3.46. The van der Waals surface area contributed by atoms with Crippen molar-refractivity contribution < 1.29 is 9.59 Å². The van der Waals surface area contributed by atoms with Gasteiger partial charge < -0.3 is 10.2 Å². The number of anilines is 1. The molecule has 0 spiro atoms. The lowest BCUT2D eigenvalue weighted by Crippen LogP contribution is -2.36. The topological polar surface area (TPSA) is 67.2 Å². The third-order valence-corrected chi connectivity index (χ3v) is 4.79. The Morgan fingerprint density at radius 2 is 1.70 bits per heavy atom. The fraction of sp³-hybridized carbons (Fsp3) is 0.190. The van der Waals surface area contributed by atoms with Crippen molar-refractivity contribution in [2.45, 2.75) is 13.0 Å². The van der Waals surface area contributed by atoms with Crippen LogP contribution in [0.15, 0.2) is 60.7 Å². The van der Waals surface area contributed by atoms with Crippen LogP contribution in [0, 0.1) is 0 Å². The summed E-state index contributed by atoms with van der Waals surface area (Å²) in [5.74, 6) is 0.134. The number of rotatable bonds is 3. The second-order valence-electron chi connectivity index (χ2n) is 6.60. The Kier molecular flexibility index (Phi) is 4.46. The lowest BCUT2D eigenvalue weighted by molar-refractivity contribution is 0.0727. The zero-order valence-electron chi connectivity index (χ0n) is 15.1. The SMILES string of the molecule is Cn1nc(C(=O)N2CCc3ccccc3C2)cc1NC(=O)c1ccccc1. The van der Waals surface area contributed by atoms with Crippen LogP contribution < -0.4 is 5.32 Å². The molecule has 6 heteroatoms. The summed E-state index contributed by atoms with van der Waals surface area (Å²) in [6.07, 6.45) is 0.840. The smallest absolute Gasteiger partial charge is 0.274 e. The van der Waals surface area contributed by atoms with Crippen LogP contribution in [0.25, 0.3) is 0 Å². The van der Waals surface area contributed by atoms with Gasteiger partial charge in [-0.1, -0.05) is 42.5 Å². The van der Waals surface area contributed by atoms with Gasteiger partial charge in [-0.05, 0) is 29.7 Å². The molecule has 3 aromatic rings. The average molecular weight is 360 g/mol. The Bertz CT molecular complexity index is 994. The Hall–Kier alpha value is -3.41. The molecule has 0 aliphatic carbocycles. The van der Waals surface area contributed by atoms with Gasteiger partial charge in [-0.25, -0.2) is 0 Å². The molecule has 6 nitrogen and oxygen atoms in total. The molecule has 4 rings (SSSR count). The molecule has 0 unspecified atom stereocenters. The maximum Gasteiger partial charge on any atom is 0.274 e. The first-order chi connectivity index (χ1) is 13.1. The molecular weight excluding hydrogens is 340 g/mol. The highest BCUT2D eigenvalue weighted by atomic mass is 16.2. The molecule has 0 bridgehead atoms. The Morgan fingerprint density at radius 3 is 2.48 bits per heavy atom. The summed E-state index contributed by atoms with van der Waals surface area (Å²) in [7, 11) is 1.71. The Labute approximate surface area is 157 Å². The van der Waals surface area contributed by atoms with Crippen molar-refractivity contribution in [1.82, 2.24) is 14.7 Å². The average Bonchev–Trinajstić information content (AvgIpc) is 3.08. The molecular formula is C21H20N4O2. The number of carbonyl (C=O) groups excluding carboxylic acids is 2. The molecule has 1 N–H and O–H groups in total. The Morgan fingerprint density at radius 1 is 1.00 bits per heavy atom. The quantitative estimate of drug-likeness (QED) is 0.781. The predicted molar refractivity (Wildman–Crippen MR) is 102 cm³/mol. The van der Waals surface area contributed by atoms with Gasteiger partial charge in [-0.15, -0.1) is 0 Å². The maximum absolute atomic E-state index is 12.9. The number of carbonyl (C=O) groups is 2. The number of nitrogens with zero attached hydrogens (tertiary/aromatic N) is 3. The summed E-state index contributed by atoms with van der Waals surface area (Å²) in [5.41, 5.74) is 3.35. The van der Waals surface area contributed by atoms with Gasteiger partial charge in [0.15, 0.2) is 5.69 Å². The summed E-state index contributed by atoms with van der Waals surface area (Å²) in [6.45, 7) is 1.25. The molecule has 0 saturated heterocycles. The van der Waals surface area contributed by atoms with E-state index in [1.165, 1.54) is 15.8 Å². The van der Waals surface area contributed by atoms with Crippen LogP contribution in [-0.4, -0.2) is 33.0 Å². The number of benzene rings is 2. The molecule has 1 aliphatic heterocycles. The zero-order chi connectivity index (χ0) is 18.8. The molecule has 0 fully saturated rings. The fourth-order valence-electron chi connectivity index (χ4n) is 3.30. The van der Waals surface area contributed by atoms with E-state index in [1.807, 2.05) is 18.2 Å². The van der Waals surface area contributed by atoms with Crippen LogP contribution in [0.2, 0.25) is 0 Å². The number of nitrogens with one attached hydrogen (secondary N) is 1. The fourth-order valence-corrected chi connectivity index (χ4v) is 3.30. The van der Waals surface area contributed by atoms with Gasteiger partial charge in [0.05, 0.1) is 0 Å². The molecule has 1 aliphatic rings. The van der Waals surface area contributed by atoms with Gasteiger partial charge >= 0.3 is 0 Å². The molecule has 27 heavy (non-hydrogen) atoms. The molecule has 0 atom stereocenters. The molecule has 2 amide bonds. The first-order valence-corrected chi connectivity index (χ1v) is 8.88. The molecule has 136 valence electrons. The second-order valence-corrected chi connectivity index (χ2v) is 6.60. The highest BCUT2D eigenvalue weighted by Gasteiger charge is 2.24. The van der Waals surface area contributed by atoms with Crippen molar-refractivity contribution >= 4 is 17.6 Å². The minimum absolute atomic E-state index is 0.125. The monoisotopic (exact) mass is 360 g/mol.